The second kappa shape index (κ2) is 10.4. The molecule has 4 aromatic rings. The van der Waals surface area contributed by atoms with Crippen molar-refractivity contribution in [2.75, 3.05) is 0 Å². The van der Waals surface area contributed by atoms with Gasteiger partial charge in [-0.25, -0.2) is 9.97 Å². The molecule has 0 radical (unpaired) electrons. The van der Waals surface area contributed by atoms with Gasteiger partial charge < -0.3 is 9.13 Å². The highest BCUT2D eigenvalue weighted by Crippen LogP contribution is 2.26. The molecule has 0 N–H and O–H groups in total. The molecule has 162 valence electrons. The van der Waals surface area contributed by atoms with Crippen molar-refractivity contribution in [3.8, 4) is 11.6 Å². The number of halogens is 4. The van der Waals surface area contributed by atoms with Crippen LogP contribution in [0.25, 0.3) is 23.8 Å². The lowest BCUT2D eigenvalue weighted by atomic mass is 10.2. The van der Waals surface area contributed by atoms with E-state index >= 15 is 0 Å². The Labute approximate surface area is 206 Å². The maximum Gasteiger partial charge on any atom is 0.176 e. The number of allylic oxidation sites excluding steroid dienone is 2. The quantitative estimate of drug-likeness (QED) is 0.258. The minimum Gasteiger partial charge on any atom is -0.325 e. The van der Waals surface area contributed by atoms with Crippen molar-refractivity contribution in [1.82, 2.24) is 19.1 Å². The van der Waals surface area contributed by atoms with Crippen molar-refractivity contribution < 1.29 is 0 Å². The fourth-order valence-electron chi connectivity index (χ4n) is 3.21. The molecule has 0 aliphatic heterocycles. The monoisotopic (exact) mass is 502 g/mol. The van der Waals surface area contributed by atoms with Gasteiger partial charge in [-0.05, 0) is 29.8 Å². The van der Waals surface area contributed by atoms with Gasteiger partial charge in [-0.3, -0.25) is 0 Å². The van der Waals surface area contributed by atoms with Crippen molar-refractivity contribution in [3.05, 3.63) is 105 Å². The van der Waals surface area contributed by atoms with Crippen molar-refractivity contribution in [2.45, 2.75) is 13.1 Å². The summed E-state index contributed by atoms with van der Waals surface area (Å²) in [7, 11) is 0. The topological polar surface area (TPSA) is 35.6 Å². The summed E-state index contributed by atoms with van der Waals surface area (Å²) < 4.78 is 4.04. The van der Waals surface area contributed by atoms with Gasteiger partial charge in [-0.15, -0.1) is 0 Å². The third kappa shape index (κ3) is 5.28. The highest BCUT2D eigenvalue weighted by molar-refractivity contribution is 6.37. The van der Waals surface area contributed by atoms with E-state index in [2.05, 4.69) is 9.97 Å². The van der Waals surface area contributed by atoms with Crippen LogP contribution < -0.4 is 0 Å². The van der Waals surface area contributed by atoms with Crippen LogP contribution in [0.15, 0.2) is 73.3 Å². The molecule has 2 aromatic heterocycles. The number of nitrogens with zero attached hydrogens (tertiary/aromatic N) is 4. The first-order valence-corrected chi connectivity index (χ1v) is 11.3. The van der Waals surface area contributed by atoms with Gasteiger partial charge in [0, 0.05) is 63.5 Å². The summed E-state index contributed by atoms with van der Waals surface area (Å²) in [6.45, 7) is 1.21. The highest BCUT2D eigenvalue weighted by atomic mass is 35.5. The number of benzene rings is 2. The predicted octanol–water partition coefficient (Wildman–Crippen LogP) is 7.79. The number of hydrogen-bond acceptors (Lipinski definition) is 2. The molecular weight excluding hydrogens is 486 g/mol. The predicted molar refractivity (Wildman–Crippen MR) is 134 cm³/mol. The van der Waals surface area contributed by atoms with Crippen LogP contribution >= 0.6 is 46.4 Å². The van der Waals surface area contributed by atoms with E-state index in [1.54, 1.807) is 18.5 Å². The Morgan fingerprint density at radius 2 is 1.31 bits per heavy atom. The molecule has 2 aromatic carbocycles. The molecule has 4 rings (SSSR count). The lowest BCUT2D eigenvalue weighted by molar-refractivity contribution is 0.782. The molecule has 0 aliphatic carbocycles. The number of rotatable bonds is 7. The van der Waals surface area contributed by atoms with Gasteiger partial charge >= 0.3 is 0 Å². The molecule has 0 fully saturated rings. The van der Waals surface area contributed by atoms with Gasteiger partial charge in [0.05, 0.1) is 0 Å². The van der Waals surface area contributed by atoms with Gasteiger partial charge in [0.25, 0.3) is 0 Å². The average Bonchev–Trinajstić information content (AvgIpc) is 3.41. The molecule has 0 spiro atoms. The molecular formula is C24H18Cl4N4. The molecule has 2 heterocycles. The molecule has 8 heteroatoms. The summed E-state index contributed by atoms with van der Waals surface area (Å²) in [5, 5.41) is 2.45. The second-order valence-corrected chi connectivity index (χ2v) is 8.57. The van der Waals surface area contributed by atoms with Crippen LogP contribution in [0.3, 0.4) is 0 Å². The van der Waals surface area contributed by atoms with Crippen molar-refractivity contribution in [3.63, 3.8) is 0 Å². The first-order valence-electron chi connectivity index (χ1n) is 9.77. The molecule has 0 amide bonds. The smallest absolute Gasteiger partial charge is 0.176 e. The Balaban J connectivity index is 1.49. The van der Waals surface area contributed by atoms with Crippen LogP contribution in [0.2, 0.25) is 20.1 Å². The summed E-state index contributed by atoms with van der Waals surface area (Å²) in [6, 6.07) is 10.9. The maximum absolute atomic E-state index is 6.24. The Morgan fingerprint density at radius 1 is 0.719 bits per heavy atom. The molecule has 0 aliphatic rings. The fraction of sp³-hybridized carbons (Fsp3) is 0.0833. The minimum atomic E-state index is 0.597. The molecule has 0 unspecified atom stereocenters. The maximum atomic E-state index is 6.24. The van der Waals surface area contributed by atoms with Gasteiger partial charge in [0.1, 0.15) is 0 Å². The third-order valence-electron chi connectivity index (χ3n) is 4.78. The van der Waals surface area contributed by atoms with Crippen LogP contribution in [-0.2, 0) is 13.1 Å². The van der Waals surface area contributed by atoms with Crippen LogP contribution in [0.4, 0.5) is 0 Å². The highest BCUT2D eigenvalue weighted by Gasteiger charge is 2.11. The van der Waals surface area contributed by atoms with Crippen molar-refractivity contribution in [1.29, 1.82) is 0 Å². The summed E-state index contributed by atoms with van der Waals surface area (Å²) in [5.41, 5.74) is 1.70. The van der Waals surface area contributed by atoms with Gasteiger partial charge in [0.15, 0.2) is 11.6 Å². The van der Waals surface area contributed by atoms with E-state index < -0.39 is 0 Å². The summed E-state index contributed by atoms with van der Waals surface area (Å²) in [4.78, 5) is 9.01. The standard InChI is InChI=1S/C24H18Cl4N4/c25-18-9-8-17(22(28)16-18)4-2-12-31-14-10-29-23(31)24-30-11-15-32(24)13-3-5-19-20(26)6-1-7-21(19)27/h1-11,14-16H,12-13H2. The fourth-order valence-corrected chi connectivity index (χ4v) is 4.20. The van der Waals surface area contributed by atoms with Gasteiger partial charge in [-0.1, -0.05) is 82.8 Å². The van der Waals surface area contributed by atoms with E-state index in [1.807, 2.05) is 76.2 Å². The number of hydrogen-bond donors (Lipinski definition) is 0. The number of aromatic nitrogens is 4. The Morgan fingerprint density at radius 3 is 1.91 bits per heavy atom. The largest absolute Gasteiger partial charge is 0.325 e. The zero-order valence-corrected chi connectivity index (χ0v) is 19.8. The molecule has 0 saturated carbocycles. The van der Waals surface area contributed by atoms with Crippen LogP contribution in [-0.4, -0.2) is 19.1 Å². The van der Waals surface area contributed by atoms with Crippen LogP contribution in [0.1, 0.15) is 11.1 Å². The van der Waals surface area contributed by atoms with Crippen LogP contribution in [0.5, 0.6) is 0 Å². The zero-order chi connectivity index (χ0) is 22.5. The molecule has 0 atom stereocenters. The van der Waals surface area contributed by atoms with E-state index in [0.717, 1.165) is 22.8 Å². The first kappa shape index (κ1) is 22.7. The number of imidazole rings is 2. The lowest BCUT2D eigenvalue weighted by Gasteiger charge is -2.08. The van der Waals surface area contributed by atoms with Crippen molar-refractivity contribution >= 4 is 58.6 Å². The van der Waals surface area contributed by atoms with Crippen molar-refractivity contribution in [2.24, 2.45) is 0 Å². The Kier molecular flexibility index (Phi) is 7.38. The van der Waals surface area contributed by atoms with E-state index in [0.29, 0.717) is 33.2 Å². The minimum absolute atomic E-state index is 0.597. The summed E-state index contributed by atoms with van der Waals surface area (Å²) in [5.74, 6) is 1.54. The van der Waals surface area contributed by atoms with E-state index in [-0.39, 0.29) is 0 Å². The summed E-state index contributed by atoms with van der Waals surface area (Å²) in [6.07, 6.45) is 15.2. The molecule has 32 heavy (non-hydrogen) atoms. The van der Waals surface area contributed by atoms with Gasteiger partial charge in [-0.2, -0.15) is 0 Å². The van der Waals surface area contributed by atoms with Crippen LogP contribution in [0, 0.1) is 0 Å². The van der Waals surface area contributed by atoms with Gasteiger partial charge in [0.2, 0.25) is 0 Å². The lowest BCUT2D eigenvalue weighted by Crippen LogP contribution is -2.04. The Bertz CT molecular complexity index is 1270. The SMILES string of the molecule is Clc1ccc(C=CCn2ccnc2-c2nccn2CC=Cc2c(Cl)cccc2Cl)c(Cl)c1. The zero-order valence-electron chi connectivity index (χ0n) is 16.8. The van der Waals surface area contributed by atoms with E-state index in [9.17, 15) is 0 Å². The molecule has 0 saturated heterocycles. The Hall–Kier alpha value is -2.50. The summed E-state index contributed by atoms with van der Waals surface area (Å²) >= 11 is 24.7. The second-order valence-electron chi connectivity index (χ2n) is 6.91. The molecule has 4 nitrogen and oxygen atoms in total. The normalized spacial score (nSPS) is 11.8. The van der Waals surface area contributed by atoms with E-state index in [4.69, 9.17) is 46.4 Å². The third-order valence-corrected chi connectivity index (χ3v) is 6.00. The first-order chi connectivity index (χ1) is 15.5. The van der Waals surface area contributed by atoms with E-state index in [1.165, 1.54) is 0 Å². The average molecular weight is 504 g/mol. The molecule has 0 bridgehead atoms.